The lowest BCUT2D eigenvalue weighted by Crippen LogP contribution is -2.42. The van der Waals surface area contributed by atoms with Crippen LogP contribution in [-0.4, -0.2) is 53.7 Å². The van der Waals surface area contributed by atoms with E-state index in [1.165, 1.54) is 4.90 Å². The lowest BCUT2D eigenvalue weighted by molar-refractivity contribution is -0.143. The number of nitriles is 3. The first-order chi connectivity index (χ1) is 21.6. The molecule has 0 N–H and O–H groups in total. The topological polar surface area (TPSA) is 130 Å². The number of likely N-dealkylation sites (tertiary alicyclic amines) is 1. The first kappa shape index (κ1) is 30.3. The Balaban J connectivity index is 1.21. The molecule has 2 aromatic rings. The lowest BCUT2D eigenvalue weighted by Gasteiger charge is -2.27. The number of hydrogen-bond acceptors (Lipinski definition) is 9. The molecule has 45 heavy (non-hydrogen) atoms. The number of hydrogen-bond donors (Lipinski definition) is 0. The van der Waals surface area contributed by atoms with Crippen LogP contribution in [0.1, 0.15) is 46.1 Å². The first-order valence-electron chi connectivity index (χ1n) is 15.1. The van der Waals surface area contributed by atoms with Crippen molar-refractivity contribution >= 4 is 33.7 Å². The van der Waals surface area contributed by atoms with Crippen LogP contribution < -0.4 is 4.90 Å². The quantitative estimate of drug-likeness (QED) is 0.197. The van der Waals surface area contributed by atoms with E-state index in [1.807, 2.05) is 69.3 Å². The molecule has 1 aromatic carbocycles. The molecule has 10 heteroatoms. The van der Waals surface area contributed by atoms with E-state index in [1.54, 1.807) is 11.3 Å². The van der Waals surface area contributed by atoms with Crippen LogP contribution in [0.5, 0.6) is 0 Å². The number of imide groups is 1. The molecule has 0 radical (unpaired) electrons. The van der Waals surface area contributed by atoms with Gasteiger partial charge in [-0.25, -0.2) is 0 Å². The zero-order valence-electron chi connectivity index (χ0n) is 25.7. The van der Waals surface area contributed by atoms with Crippen molar-refractivity contribution in [3.05, 3.63) is 71.0 Å². The van der Waals surface area contributed by atoms with Gasteiger partial charge < -0.3 is 14.4 Å². The Labute approximate surface area is 266 Å². The highest BCUT2D eigenvalue weighted by molar-refractivity contribution is 7.19. The standard InChI is InChI=1S/C35H33N5O4S/c1-5-6-15-39(16-17-40-32(41)28-25-13-14-35(4,43-25)30(28)33(40)42)27-12-11-26(45-27)21-7-9-22(10-8-21)29-24(20-38)31(23(18-36)19-37)44-34(29,2)3/h7-14,25,28,30H,5-6,15-17H2,1-4H3. The maximum atomic E-state index is 13.3. The Bertz CT molecular complexity index is 1780. The van der Waals surface area contributed by atoms with Gasteiger partial charge >= 0.3 is 0 Å². The molecule has 228 valence electrons. The van der Waals surface area contributed by atoms with Crippen LogP contribution in [0, 0.1) is 45.8 Å². The van der Waals surface area contributed by atoms with Crippen LogP contribution in [0.3, 0.4) is 0 Å². The molecule has 2 fully saturated rings. The minimum atomic E-state index is -0.895. The van der Waals surface area contributed by atoms with Gasteiger partial charge in [0.05, 0.1) is 28.5 Å². The highest BCUT2D eigenvalue weighted by Crippen LogP contribution is 2.51. The van der Waals surface area contributed by atoms with E-state index < -0.39 is 23.0 Å². The molecule has 2 amide bonds. The average Bonchev–Trinajstić information content (AvgIpc) is 3.82. The summed E-state index contributed by atoms with van der Waals surface area (Å²) in [5.74, 6) is -1.10. The monoisotopic (exact) mass is 619 g/mol. The van der Waals surface area contributed by atoms with Crippen molar-refractivity contribution in [3.63, 3.8) is 0 Å². The fourth-order valence-electron chi connectivity index (χ4n) is 6.96. The number of unbranched alkanes of at least 4 members (excludes halogenated alkanes) is 1. The van der Waals surface area contributed by atoms with Gasteiger partial charge in [-0.2, -0.15) is 15.8 Å². The first-order valence-corrected chi connectivity index (χ1v) is 15.9. The molecule has 6 rings (SSSR count). The van der Waals surface area contributed by atoms with E-state index in [4.69, 9.17) is 9.47 Å². The molecular formula is C35H33N5O4S. The fourth-order valence-corrected chi connectivity index (χ4v) is 8.02. The number of carbonyl (C=O) groups excluding carboxylic acids is 2. The third kappa shape index (κ3) is 4.93. The molecular weight excluding hydrogens is 586 g/mol. The molecule has 9 nitrogen and oxygen atoms in total. The van der Waals surface area contributed by atoms with E-state index in [0.29, 0.717) is 18.7 Å². The van der Waals surface area contributed by atoms with Crippen LogP contribution in [0.15, 0.2) is 65.5 Å². The van der Waals surface area contributed by atoms with Gasteiger partial charge in [0.2, 0.25) is 11.8 Å². The summed E-state index contributed by atoms with van der Waals surface area (Å²) < 4.78 is 11.9. The summed E-state index contributed by atoms with van der Waals surface area (Å²) in [7, 11) is 0. The predicted octanol–water partition coefficient (Wildman–Crippen LogP) is 5.74. The van der Waals surface area contributed by atoms with Crippen molar-refractivity contribution in [2.24, 2.45) is 11.8 Å². The van der Waals surface area contributed by atoms with Gasteiger partial charge in [0.15, 0.2) is 11.3 Å². The van der Waals surface area contributed by atoms with Crippen molar-refractivity contribution in [1.82, 2.24) is 4.90 Å². The average molecular weight is 620 g/mol. The second-order valence-corrected chi connectivity index (χ2v) is 13.5. The number of thiophene rings is 1. The van der Waals surface area contributed by atoms with Crippen LogP contribution in [0.25, 0.3) is 16.0 Å². The molecule has 5 heterocycles. The molecule has 0 spiro atoms. The fraction of sp³-hybridized carbons (Fsp3) is 0.400. The summed E-state index contributed by atoms with van der Waals surface area (Å²) in [5.41, 5.74) is 0.791. The van der Waals surface area contributed by atoms with Gasteiger partial charge in [-0.1, -0.05) is 49.8 Å². The van der Waals surface area contributed by atoms with Crippen molar-refractivity contribution in [1.29, 1.82) is 15.8 Å². The summed E-state index contributed by atoms with van der Waals surface area (Å²) in [6.07, 6.45) is 5.53. The number of fused-ring (bicyclic) bond motifs is 5. The van der Waals surface area contributed by atoms with E-state index in [9.17, 15) is 25.4 Å². The third-order valence-electron chi connectivity index (χ3n) is 9.16. The van der Waals surface area contributed by atoms with Crippen molar-refractivity contribution in [2.75, 3.05) is 24.5 Å². The molecule has 0 saturated carbocycles. The summed E-state index contributed by atoms with van der Waals surface area (Å²) >= 11 is 1.65. The predicted molar refractivity (Wildman–Crippen MR) is 169 cm³/mol. The van der Waals surface area contributed by atoms with E-state index in [2.05, 4.69) is 30.0 Å². The van der Waals surface area contributed by atoms with Gasteiger partial charge in [-0.3, -0.25) is 14.5 Å². The minimum Gasteiger partial charge on any atom is -0.480 e. The molecule has 2 bridgehead atoms. The molecule has 2 saturated heterocycles. The number of carbonyl (C=O) groups is 2. The number of allylic oxidation sites excluding steroid dienone is 2. The van der Waals surface area contributed by atoms with Gasteiger partial charge in [-0.05, 0) is 50.5 Å². The molecule has 4 atom stereocenters. The summed E-state index contributed by atoms with van der Waals surface area (Å²) in [6.45, 7) is 9.36. The molecule has 4 aliphatic heterocycles. The maximum Gasteiger partial charge on any atom is 0.236 e. The Kier molecular flexibility index (Phi) is 7.65. The maximum absolute atomic E-state index is 13.3. The normalized spacial score (nSPS) is 25.7. The van der Waals surface area contributed by atoms with Crippen LogP contribution >= 0.6 is 11.3 Å². The summed E-state index contributed by atoms with van der Waals surface area (Å²) in [4.78, 5) is 31.4. The van der Waals surface area contributed by atoms with Gasteiger partial charge in [0, 0.05) is 30.1 Å². The number of rotatable bonds is 9. The number of amides is 2. The minimum absolute atomic E-state index is 0.0220. The number of benzene rings is 1. The van der Waals surface area contributed by atoms with Crippen molar-refractivity contribution < 1.29 is 19.1 Å². The molecule has 4 unspecified atom stereocenters. The van der Waals surface area contributed by atoms with E-state index >= 15 is 0 Å². The third-order valence-corrected chi connectivity index (χ3v) is 10.4. The van der Waals surface area contributed by atoms with Gasteiger partial charge in [-0.15, -0.1) is 11.3 Å². The second-order valence-electron chi connectivity index (χ2n) is 12.4. The number of anilines is 1. The van der Waals surface area contributed by atoms with E-state index in [0.717, 1.165) is 40.4 Å². The summed E-state index contributed by atoms with van der Waals surface area (Å²) in [6, 6.07) is 17.8. The Hall–Kier alpha value is -4.69. The number of nitrogens with zero attached hydrogens (tertiary/aromatic N) is 5. The van der Waals surface area contributed by atoms with Crippen molar-refractivity contribution in [2.45, 2.75) is 57.8 Å². The van der Waals surface area contributed by atoms with Crippen LogP contribution in [-0.2, 0) is 19.1 Å². The largest absolute Gasteiger partial charge is 0.480 e. The molecule has 0 aliphatic carbocycles. The SMILES string of the molecule is CCCCN(CCN1C(=O)C2C3C=CC(C)(O3)C2C1=O)c1ccc(-c2ccc(C3=C(C#N)C(=C(C#N)C#N)OC3(C)C)cc2)s1. The zero-order valence-corrected chi connectivity index (χ0v) is 26.5. The second kappa shape index (κ2) is 11.3. The Morgan fingerprint density at radius 2 is 1.71 bits per heavy atom. The van der Waals surface area contributed by atoms with E-state index in [-0.39, 0.29) is 34.8 Å². The summed E-state index contributed by atoms with van der Waals surface area (Å²) in [5, 5.41) is 29.7. The van der Waals surface area contributed by atoms with Crippen LogP contribution in [0.2, 0.25) is 0 Å². The highest BCUT2D eigenvalue weighted by atomic mass is 32.1. The van der Waals surface area contributed by atoms with Crippen molar-refractivity contribution in [3.8, 4) is 28.6 Å². The Morgan fingerprint density at radius 3 is 2.36 bits per heavy atom. The molecule has 4 aliphatic rings. The van der Waals surface area contributed by atoms with Gasteiger partial charge in [0.1, 0.15) is 29.4 Å². The highest BCUT2D eigenvalue weighted by Gasteiger charge is 2.65. The lowest BCUT2D eigenvalue weighted by atomic mass is 9.78. The van der Waals surface area contributed by atoms with Gasteiger partial charge in [0.25, 0.3) is 0 Å². The van der Waals surface area contributed by atoms with Crippen LogP contribution in [0.4, 0.5) is 5.00 Å². The zero-order chi connectivity index (χ0) is 32.1. The Morgan fingerprint density at radius 1 is 1.00 bits per heavy atom. The molecule has 1 aromatic heterocycles. The number of ether oxygens (including phenoxy) is 2. The smallest absolute Gasteiger partial charge is 0.236 e.